The lowest BCUT2D eigenvalue weighted by Crippen LogP contribution is -2.45. The van der Waals surface area contributed by atoms with Crippen LogP contribution >= 0.6 is 0 Å². The second kappa shape index (κ2) is 10.7. The summed E-state index contributed by atoms with van der Waals surface area (Å²) < 4.78 is 41.6. The fourth-order valence-corrected chi connectivity index (χ4v) is 4.81. The first-order valence-corrected chi connectivity index (χ1v) is 12.8. The van der Waals surface area contributed by atoms with Crippen LogP contribution in [0.5, 0.6) is 11.5 Å². The number of urea groups is 1. The van der Waals surface area contributed by atoms with Crippen molar-refractivity contribution in [2.45, 2.75) is 32.2 Å². The van der Waals surface area contributed by atoms with Gasteiger partial charge in [-0.25, -0.2) is 4.79 Å². The highest BCUT2D eigenvalue weighted by Crippen LogP contribution is 2.36. The Bertz CT molecular complexity index is 1450. The number of anilines is 1. The monoisotopic (exact) mass is 532 g/mol. The van der Waals surface area contributed by atoms with Crippen molar-refractivity contribution in [3.05, 3.63) is 78.2 Å². The SMILES string of the molecule is O=C(N1CCCCC1)N(Cc1ccc(-c2nnc(C(F)F)o2)cc1)c1ccc(-c2ccc3c(c2)OCO3)cc1. The highest BCUT2D eigenvalue weighted by Gasteiger charge is 2.25. The molecule has 0 bridgehead atoms. The van der Waals surface area contributed by atoms with Crippen molar-refractivity contribution in [2.75, 3.05) is 24.8 Å². The van der Waals surface area contributed by atoms with E-state index in [4.69, 9.17) is 13.9 Å². The minimum atomic E-state index is -2.82. The van der Waals surface area contributed by atoms with Gasteiger partial charge in [-0.05, 0) is 72.4 Å². The van der Waals surface area contributed by atoms with Crippen LogP contribution < -0.4 is 14.4 Å². The van der Waals surface area contributed by atoms with E-state index >= 15 is 0 Å². The highest BCUT2D eigenvalue weighted by molar-refractivity contribution is 5.92. The molecule has 6 rings (SSSR count). The number of amides is 2. The van der Waals surface area contributed by atoms with Gasteiger partial charge in [-0.2, -0.15) is 8.78 Å². The molecule has 0 radical (unpaired) electrons. The highest BCUT2D eigenvalue weighted by atomic mass is 19.3. The first-order valence-electron chi connectivity index (χ1n) is 12.8. The molecule has 2 amide bonds. The Hall–Kier alpha value is -4.47. The molecule has 8 nitrogen and oxygen atoms in total. The van der Waals surface area contributed by atoms with Crippen molar-refractivity contribution < 1.29 is 27.5 Å². The van der Waals surface area contributed by atoms with Crippen molar-refractivity contribution in [1.29, 1.82) is 0 Å². The van der Waals surface area contributed by atoms with E-state index in [1.807, 2.05) is 59.5 Å². The molecule has 3 aromatic carbocycles. The summed E-state index contributed by atoms with van der Waals surface area (Å²) in [4.78, 5) is 17.3. The number of fused-ring (bicyclic) bond motifs is 1. The van der Waals surface area contributed by atoms with Crippen molar-refractivity contribution in [3.63, 3.8) is 0 Å². The van der Waals surface area contributed by atoms with Crippen molar-refractivity contribution in [2.24, 2.45) is 0 Å². The molecule has 0 spiro atoms. The van der Waals surface area contributed by atoms with Gasteiger partial charge in [0.05, 0.1) is 6.54 Å². The minimum Gasteiger partial charge on any atom is -0.454 e. The molecule has 0 aliphatic carbocycles. The van der Waals surface area contributed by atoms with Gasteiger partial charge in [-0.1, -0.05) is 30.3 Å². The van der Waals surface area contributed by atoms with E-state index in [0.717, 1.165) is 60.5 Å². The van der Waals surface area contributed by atoms with Crippen molar-refractivity contribution in [1.82, 2.24) is 15.1 Å². The third kappa shape index (κ3) is 5.27. The average molecular weight is 533 g/mol. The summed E-state index contributed by atoms with van der Waals surface area (Å²) in [5, 5.41) is 7.09. The van der Waals surface area contributed by atoms with Gasteiger partial charge < -0.3 is 18.8 Å². The van der Waals surface area contributed by atoms with Crippen LogP contribution in [0, 0.1) is 0 Å². The van der Waals surface area contributed by atoms with Crippen LogP contribution in [0.2, 0.25) is 0 Å². The summed E-state index contributed by atoms with van der Waals surface area (Å²) in [7, 11) is 0. The summed E-state index contributed by atoms with van der Waals surface area (Å²) in [6.07, 6.45) is 0.277. The predicted octanol–water partition coefficient (Wildman–Crippen LogP) is 6.68. The van der Waals surface area contributed by atoms with Crippen molar-refractivity contribution in [3.8, 4) is 34.1 Å². The van der Waals surface area contributed by atoms with Crippen LogP contribution in [0.3, 0.4) is 0 Å². The molecule has 2 aliphatic heterocycles. The molecule has 0 N–H and O–H groups in total. The number of piperidine rings is 1. The minimum absolute atomic E-state index is 0.0252. The third-order valence-corrected chi connectivity index (χ3v) is 6.91. The van der Waals surface area contributed by atoms with Crippen LogP contribution in [0.15, 0.2) is 71.1 Å². The van der Waals surface area contributed by atoms with E-state index in [2.05, 4.69) is 10.2 Å². The smallest absolute Gasteiger partial charge is 0.324 e. The molecule has 10 heteroatoms. The maximum atomic E-state index is 13.7. The largest absolute Gasteiger partial charge is 0.454 e. The number of aromatic nitrogens is 2. The first-order chi connectivity index (χ1) is 19.0. The zero-order chi connectivity index (χ0) is 26.8. The number of nitrogens with zero attached hydrogens (tertiary/aromatic N) is 4. The van der Waals surface area contributed by atoms with Gasteiger partial charge in [-0.3, -0.25) is 4.90 Å². The first kappa shape index (κ1) is 24.8. The molecular weight excluding hydrogens is 506 g/mol. The maximum absolute atomic E-state index is 13.7. The third-order valence-electron chi connectivity index (χ3n) is 6.91. The van der Waals surface area contributed by atoms with Crippen LogP contribution in [0.4, 0.5) is 19.3 Å². The van der Waals surface area contributed by atoms with Crippen molar-refractivity contribution >= 4 is 11.7 Å². The maximum Gasteiger partial charge on any atom is 0.324 e. The number of rotatable bonds is 6. The van der Waals surface area contributed by atoms with E-state index in [-0.39, 0.29) is 18.7 Å². The number of ether oxygens (including phenoxy) is 2. The average Bonchev–Trinajstić information content (AvgIpc) is 3.67. The topological polar surface area (TPSA) is 80.9 Å². The Morgan fingerprint density at radius 2 is 1.54 bits per heavy atom. The standard InChI is InChI=1S/C29H26F2N4O4/c30-26(31)28-33-32-27(39-28)21-6-4-19(5-7-21)17-35(29(36)34-14-2-1-3-15-34)23-11-8-20(9-12-23)22-10-13-24-25(16-22)38-18-37-24/h4-13,16,26H,1-3,14-15,17-18H2. The second-order valence-corrected chi connectivity index (χ2v) is 9.47. The number of carbonyl (C=O) groups is 1. The van der Waals surface area contributed by atoms with E-state index < -0.39 is 12.3 Å². The Morgan fingerprint density at radius 1 is 0.846 bits per heavy atom. The van der Waals surface area contributed by atoms with Gasteiger partial charge in [0.2, 0.25) is 12.7 Å². The lowest BCUT2D eigenvalue weighted by Gasteiger charge is -2.33. The Labute approximate surface area is 223 Å². The number of likely N-dealkylation sites (tertiary alicyclic amines) is 1. The Balaban J connectivity index is 1.25. The van der Waals surface area contributed by atoms with Crippen LogP contribution in [-0.2, 0) is 6.54 Å². The normalized spacial score (nSPS) is 14.6. The number of hydrogen-bond acceptors (Lipinski definition) is 6. The van der Waals surface area contributed by atoms with E-state index in [9.17, 15) is 13.6 Å². The molecule has 4 aromatic rings. The molecule has 1 fully saturated rings. The summed E-state index contributed by atoms with van der Waals surface area (Å²) in [6.45, 7) is 2.02. The van der Waals surface area contributed by atoms with E-state index in [1.54, 1.807) is 17.0 Å². The quantitative estimate of drug-likeness (QED) is 0.276. The Kier molecular flexibility index (Phi) is 6.83. The van der Waals surface area contributed by atoms with Gasteiger partial charge in [0, 0.05) is 24.3 Å². The number of alkyl halides is 2. The molecular formula is C29H26F2N4O4. The number of carbonyl (C=O) groups excluding carboxylic acids is 1. The molecule has 2 aliphatic rings. The summed E-state index contributed by atoms with van der Waals surface area (Å²) in [5.74, 6) is 0.759. The van der Waals surface area contributed by atoms with Gasteiger partial charge in [0.25, 0.3) is 5.89 Å². The van der Waals surface area contributed by atoms with Gasteiger partial charge >= 0.3 is 12.5 Å². The van der Waals surface area contributed by atoms with E-state index in [1.165, 1.54) is 0 Å². The van der Waals surface area contributed by atoms with E-state index in [0.29, 0.717) is 17.9 Å². The zero-order valence-corrected chi connectivity index (χ0v) is 21.1. The van der Waals surface area contributed by atoms with Crippen LogP contribution in [0.1, 0.15) is 37.1 Å². The van der Waals surface area contributed by atoms with Gasteiger partial charge in [-0.15, -0.1) is 10.2 Å². The molecule has 1 aromatic heterocycles. The number of hydrogen-bond donors (Lipinski definition) is 0. The molecule has 39 heavy (non-hydrogen) atoms. The molecule has 0 unspecified atom stereocenters. The molecule has 1 saturated heterocycles. The van der Waals surface area contributed by atoms with Gasteiger partial charge in [0.15, 0.2) is 11.5 Å². The summed E-state index contributed by atoms with van der Waals surface area (Å²) in [5.41, 5.74) is 4.16. The number of benzene rings is 3. The summed E-state index contributed by atoms with van der Waals surface area (Å²) >= 11 is 0. The molecule has 0 atom stereocenters. The summed E-state index contributed by atoms with van der Waals surface area (Å²) in [6, 6.07) is 20.8. The zero-order valence-electron chi connectivity index (χ0n) is 21.1. The fourth-order valence-electron chi connectivity index (χ4n) is 4.81. The molecule has 3 heterocycles. The lowest BCUT2D eigenvalue weighted by atomic mass is 10.0. The number of halogens is 2. The van der Waals surface area contributed by atoms with Crippen LogP contribution in [0.25, 0.3) is 22.6 Å². The lowest BCUT2D eigenvalue weighted by molar-refractivity contribution is 0.116. The molecule has 200 valence electrons. The van der Waals surface area contributed by atoms with Crippen LogP contribution in [-0.4, -0.2) is 41.0 Å². The molecule has 0 saturated carbocycles. The van der Waals surface area contributed by atoms with Gasteiger partial charge in [0.1, 0.15) is 0 Å². The Morgan fingerprint density at radius 3 is 2.26 bits per heavy atom. The second-order valence-electron chi connectivity index (χ2n) is 9.47. The fraction of sp³-hybridized carbons (Fsp3) is 0.276. The predicted molar refractivity (Wildman–Crippen MR) is 140 cm³/mol.